The first-order valence-electron chi connectivity index (χ1n) is 13.9. The van der Waals surface area contributed by atoms with Crippen LogP contribution in [0.4, 0.5) is 0 Å². The number of aliphatic carboxylic acids is 2. The molecule has 6 rings (SSSR count). The molecule has 44 heavy (non-hydrogen) atoms. The van der Waals surface area contributed by atoms with Crippen molar-refractivity contribution < 1.29 is 60.6 Å². The number of carboxylic acids is 2. The molecule has 2 heterocycles. The van der Waals surface area contributed by atoms with Crippen molar-refractivity contribution in [2.45, 2.75) is 51.6 Å². The Kier molecular flexibility index (Phi) is 18.6. The number of benzene rings is 4. The minimum atomic E-state index is -0.833. The summed E-state index contributed by atoms with van der Waals surface area (Å²) >= 11 is 0. The van der Waals surface area contributed by atoms with Crippen molar-refractivity contribution in [3.63, 3.8) is 0 Å². The Balaban J connectivity index is 0.000000343. The van der Waals surface area contributed by atoms with Crippen LogP contribution in [0.5, 0.6) is 0 Å². The van der Waals surface area contributed by atoms with Crippen LogP contribution in [0.25, 0.3) is 0 Å². The van der Waals surface area contributed by atoms with Crippen molar-refractivity contribution in [1.82, 2.24) is 0 Å². The molecule has 236 valence electrons. The van der Waals surface area contributed by atoms with Gasteiger partial charge in [0.05, 0.1) is 12.1 Å². The number of nitrogens with zero attached hydrogens (tertiary/aromatic N) is 2. The van der Waals surface area contributed by atoms with Gasteiger partial charge in [-0.2, -0.15) is 0 Å². The molecule has 2 N–H and O–H groups in total. The maximum atomic E-state index is 9.00. The third kappa shape index (κ3) is 13.8. The average molecular weight is 774 g/mol. The van der Waals surface area contributed by atoms with E-state index < -0.39 is 11.9 Å². The van der Waals surface area contributed by atoms with Crippen molar-refractivity contribution in [2.75, 3.05) is 0 Å². The molecule has 0 amide bonds. The Labute approximate surface area is 287 Å². The molecule has 6 nitrogen and oxygen atoms in total. The number of rotatable bonds is 4. The van der Waals surface area contributed by atoms with Gasteiger partial charge in [-0.3, -0.25) is 9.59 Å². The molecule has 4 aromatic rings. The van der Waals surface area contributed by atoms with Crippen LogP contribution in [0.2, 0.25) is 0 Å². The second-order valence-corrected chi connectivity index (χ2v) is 9.67. The van der Waals surface area contributed by atoms with Crippen LogP contribution in [0, 0.1) is 12.1 Å². The Morgan fingerprint density at radius 3 is 1.20 bits per heavy atom. The van der Waals surface area contributed by atoms with Crippen LogP contribution in [0.1, 0.15) is 73.9 Å². The van der Waals surface area contributed by atoms with Gasteiger partial charge in [-0.05, 0) is 48.2 Å². The molecule has 0 aliphatic carbocycles. The second-order valence-electron chi connectivity index (χ2n) is 9.67. The molecule has 8 heteroatoms. The predicted molar refractivity (Wildman–Crippen MR) is 167 cm³/mol. The van der Waals surface area contributed by atoms with Crippen molar-refractivity contribution in [3.8, 4) is 0 Å². The van der Waals surface area contributed by atoms with E-state index in [0.717, 1.165) is 50.7 Å². The van der Waals surface area contributed by atoms with E-state index in [-0.39, 0.29) is 40.8 Å². The number of hydrogen-bond donors (Lipinski definition) is 2. The smallest absolute Gasteiger partial charge is 0.300 e. The third-order valence-corrected chi connectivity index (χ3v) is 6.34. The summed E-state index contributed by atoms with van der Waals surface area (Å²) in [6.45, 7) is 2.17. The largest absolute Gasteiger partial charge is 0.481 e. The molecule has 2 aliphatic rings. The van der Waals surface area contributed by atoms with E-state index in [9.17, 15) is 0 Å². The summed E-state index contributed by atoms with van der Waals surface area (Å²) in [7, 11) is 0. The standard InChI is InChI=1S/2C16H14N.2C2H4O2.2Pd/c2*1-3-7-13(8-4-1)15-11-12-16(17-15)14-9-5-2-6-10-14;2*1-2(3)4;;/h2*1-9,15H,11-12H2;2*1H3,(H,3,4);;/q2*-1;;;;. The topological polar surface area (TPSA) is 99.3 Å². The summed E-state index contributed by atoms with van der Waals surface area (Å²) in [5, 5.41) is 14.8. The van der Waals surface area contributed by atoms with E-state index in [2.05, 4.69) is 72.8 Å². The van der Waals surface area contributed by atoms with E-state index in [4.69, 9.17) is 29.8 Å². The molecule has 4 aromatic carbocycles. The molecule has 2 unspecified atom stereocenters. The fraction of sp³-hybridized carbons (Fsp3) is 0.222. The number of hydrogen-bond acceptors (Lipinski definition) is 4. The van der Waals surface area contributed by atoms with Crippen molar-refractivity contribution >= 4 is 23.4 Å². The van der Waals surface area contributed by atoms with E-state index in [1.807, 2.05) is 48.5 Å². The maximum absolute atomic E-state index is 9.00. The first-order valence-corrected chi connectivity index (χ1v) is 13.9. The minimum absolute atomic E-state index is 0. The van der Waals surface area contributed by atoms with Crippen LogP contribution in [0.15, 0.2) is 119 Å². The Hall–Kier alpha value is -3.52. The number of carboxylic acid groups (broad SMARTS) is 2. The quantitative estimate of drug-likeness (QED) is 0.164. The molecular weight excluding hydrogens is 737 g/mol. The van der Waals surface area contributed by atoms with Gasteiger partial charge < -0.3 is 20.2 Å². The SMILES string of the molecule is CC(=O)O.CC(=O)O.[Pd].[Pd].[c-]1ccccc1C1=NC(c2ccccc2)CC1.[c-]1ccccc1C1=NC(c2ccccc2)CC1. The molecule has 0 radical (unpaired) electrons. The van der Waals surface area contributed by atoms with Gasteiger partial charge in [0.2, 0.25) is 0 Å². The van der Waals surface area contributed by atoms with Crippen molar-refractivity contribution in [2.24, 2.45) is 9.98 Å². The Bertz CT molecular complexity index is 1330. The zero-order chi connectivity index (χ0) is 30.2. The molecule has 2 aliphatic heterocycles. The summed E-state index contributed by atoms with van der Waals surface area (Å²) in [5.41, 5.74) is 7.31. The molecule has 0 saturated carbocycles. The second kappa shape index (κ2) is 21.2. The van der Waals surface area contributed by atoms with E-state index in [0.29, 0.717) is 12.1 Å². The fourth-order valence-electron chi connectivity index (χ4n) is 4.57. The average Bonchev–Trinajstić information content (AvgIpc) is 3.70. The molecular formula is C36H36N2O4Pd2-2. The minimum Gasteiger partial charge on any atom is -0.481 e. The monoisotopic (exact) mass is 772 g/mol. The van der Waals surface area contributed by atoms with Gasteiger partial charge in [0, 0.05) is 54.7 Å². The molecule has 0 bridgehead atoms. The van der Waals surface area contributed by atoms with Crippen LogP contribution in [-0.2, 0) is 50.4 Å². The number of aliphatic imine (C=N–C) groups is 2. The molecule has 0 spiro atoms. The van der Waals surface area contributed by atoms with Crippen molar-refractivity contribution in [1.29, 1.82) is 0 Å². The zero-order valence-corrected chi connectivity index (χ0v) is 27.7. The molecule has 0 aromatic heterocycles. The van der Waals surface area contributed by atoms with E-state index in [1.165, 1.54) is 22.6 Å². The third-order valence-electron chi connectivity index (χ3n) is 6.34. The normalized spacial score (nSPS) is 15.9. The van der Waals surface area contributed by atoms with Gasteiger partial charge in [-0.1, -0.05) is 60.7 Å². The number of carbonyl (C=O) groups is 2. The summed E-state index contributed by atoms with van der Waals surface area (Å²) in [4.78, 5) is 27.6. The summed E-state index contributed by atoms with van der Waals surface area (Å²) in [5.74, 6) is -1.67. The van der Waals surface area contributed by atoms with Gasteiger partial charge in [0.25, 0.3) is 11.9 Å². The summed E-state index contributed by atoms with van der Waals surface area (Å²) in [6.07, 6.45) is 4.34. The summed E-state index contributed by atoms with van der Waals surface area (Å²) < 4.78 is 0. The van der Waals surface area contributed by atoms with Gasteiger partial charge in [0.1, 0.15) is 0 Å². The zero-order valence-electron chi connectivity index (χ0n) is 24.6. The van der Waals surface area contributed by atoms with Gasteiger partial charge in [0.15, 0.2) is 0 Å². The van der Waals surface area contributed by atoms with Crippen LogP contribution in [0.3, 0.4) is 0 Å². The van der Waals surface area contributed by atoms with E-state index >= 15 is 0 Å². The first kappa shape index (κ1) is 38.5. The Morgan fingerprint density at radius 1 is 0.591 bits per heavy atom. The molecule has 0 saturated heterocycles. The van der Waals surface area contributed by atoms with Gasteiger partial charge >= 0.3 is 0 Å². The van der Waals surface area contributed by atoms with Crippen LogP contribution in [-0.4, -0.2) is 33.6 Å². The van der Waals surface area contributed by atoms with Crippen LogP contribution < -0.4 is 0 Å². The molecule has 2 atom stereocenters. The predicted octanol–water partition coefficient (Wildman–Crippen LogP) is 7.80. The van der Waals surface area contributed by atoms with E-state index in [1.54, 1.807) is 0 Å². The van der Waals surface area contributed by atoms with Crippen molar-refractivity contribution in [3.05, 3.63) is 144 Å². The Morgan fingerprint density at radius 2 is 0.909 bits per heavy atom. The van der Waals surface area contributed by atoms with Crippen LogP contribution >= 0.6 is 0 Å². The first-order chi connectivity index (χ1) is 20.3. The summed E-state index contributed by atoms with van der Waals surface area (Å²) in [6, 6.07) is 44.4. The van der Waals surface area contributed by atoms with Gasteiger partial charge in [-0.25, -0.2) is 0 Å². The fourth-order valence-corrected chi connectivity index (χ4v) is 4.57. The van der Waals surface area contributed by atoms with Gasteiger partial charge in [-0.15, -0.1) is 71.8 Å². The maximum Gasteiger partial charge on any atom is 0.300 e. The molecule has 0 fully saturated rings.